The van der Waals surface area contributed by atoms with Crippen LogP contribution in [0, 0.1) is 24.5 Å². The standard InChI is InChI=1S/C16H19IN4/c1-8(2)15-10(4)21(20-16(15)17)14-7-13-12(6-9(14)3)18-11(5)19-13/h6-8H,1-5H3,(H,18,19). The van der Waals surface area contributed by atoms with Crippen LogP contribution in [0.4, 0.5) is 0 Å². The lowest BCUT2D eigenvalue weighted by Gasteiger charge is -2.10. The summed E-state index contributed by atoms with van der Waals surface area (Å²) >= 11 is 2.33. The molecule has 21 heavy (non-hydrogen) atoms. The topological polar surface area (TPSA) is 46.5 Å². The Morgan fingerprint density at radius 2 is 1.90 bits per heavy atom. The second-order valence-corrected chi connectivity index (χ2v) is 6.86. The van der Waals surface area contributed by atoms with Crippen LogP contribution >= 0.6 is 22.6 Å². The average molecular weight is 394 g/mol. The van der Waals surface area contributed by atoms with Crippen molar-refractivity contribution in [2.45, 2.75) is 40.5 Å². The number of aromatic nitrogens is 4. The minimum Gasteiger partial charge on any atom is -0.342 e. The van der Waals surface area contributed by atoms with Gasteiger partial charge in [0.25, 0.3) is 0 Å². The fraction of sp³-hybridized carbons (Fsp3) is 0.375. The Morgan fingerprint density at radius 3 is 2.52 bits per heavy atom. The van der Waals surface area contributed by atoms with Gasteiger partial charge in [0.05, 0.1) is 16.7 Å². The molecule has 0 bridgehead atoms. The van der Waals surface area contributed by atoms with Gasteiger partial charge in [-0.05, 0) is 67.0 Å². The Labute approximate surface area is 138 Å². The molecule has 0 aliphatic heterocycles. The molecule has 4 nitrogen and oxygen atoms in total. The summed E-state index contributed by atoms with van der Waals surface area (Å²) in [5.74, 6) is 1.42. The smallest absolute Gasteiger partial charge is 0.127 e. The van der Waals surface area contributed by atoms with Crippen molar-refractivity contribution in [3.8, 4) is 5.69 Å². The van der Waals surface area contributed by atoms with Gasteiger partial charge in [-0.2, -0.15) is 5.10 Å². The third-order valence-corrected chi connectivity index (χ3v) is 4.64. The quantitative estimate of drug-likeness (QED) is 0.655. The van der Waals surface area contributed by atoms with E-state index in [2.05, 4.69) is 77.1 Å². The lowest BCUT2D eigenvalue weighted by atomic mass is 10.0. The maximum Gasteiger partial charge on any atom is 0.127 e. The molecule has 1 N–H and O–H groups in total. The maximum absolute atomic E-state index is 4.74. The van der Waals surface area contributed by atoms with Gasteiger partial charge in [-0.3, -0.25) is 0 Å². The van der Waals surface area contributed by atoms with E-state index in [9.17, 15) is 0 Å². The summed E-state index contributed by atoms with van der Waals surface area (Å²) < 4.78 is 3.13. The van der Waals surface area contributed by atoms with Gasteiger partial charge in [0.2, 0.25) is 0 Å². The summed E-state index contributed by atoms with van der Waals surface area (Å²) in [6.07, 6.45) is 0. The molecule has 0 saturated heterocycles. The number of imidazole rings is 1. The lowest BCUT2D eigenvalue weighted by Crippen LogP contribution is -2.02. The Morgan fingerprint density at radius 1 is 1.19 bits per heavy atom. The monoisotopic (exact) mass is 394 g/mol. The van der Waals surface area contributed by atoms with Crippen LogP contribution < -0.4 is 0 Å². The summed E-state index contributed by atoms with van der Waals surface area (Å²) in [7, 11) is 0. The largest absolute Gasteiger partial charge is 0.342 e. The summed E-state index contributed by atoms with van der Waals surface area (Å²) in [4.78, 5) is 7.82. The maximum atomic E-state index is 4.74. The molecule has 0 saturated carbocycles. The first-order valence-electron chi connectivity index (χ1n) is 7.11. The van der Waals surface area contributed by atoms with Crippen LogP contribution in [0.15, 0.2) is 12.1 Å². The predicted molar refractivity (Wildman–Crippen MR) is 94.2 cm³/mol. The van der Waals surface area contributed by atoms with Crippen molar-refractivity contribution in [3.05, 3.63) is 38.5 Å². The van der Waals surface area contributed by atoms with Gasteiger partial charge in [0.15, 0.2) is 0 Å². The molecule has 0 amide bonds. The SMILES string of the molecule is Cc1nc2cc(-n3nc(I)c(C(C)C)c3C)c(C)cc2[nH]1. The van der Waals surface area contributed by atoms with E-state index in [1.54, 1.807) is 0 Å². The summed E-state index contributed by atoms with van der Waals surface area (Å²) in [6, 6.07) is 4.27. The van der Waals surface area contributed by atoms with E-state index in [0.717, 1.165) is 26.2 Å². The zero-order valence-corrected chi connectivity index (χ0v) is 15.1. The highest BCUT2D eigenvalue weighted by molar-refractivity contribution is 14.1. The average Bonchev–Trinajstić information content (AvgIpc) is 2.87. The number of benzene rings is 1. The van der Waals surface area contributed by atoms with Gasteiger partial charge in [0, 0.05) is 11.3 Å². The van der Waals surface area contributed by atoms with Crippen LogP contribution in [0.5, 0.6) is 0 Å². The van der Waals surface area contributed by atoms with E-state index in [0.29, 0.717) is 5.92 Å². The first-order chi connectivity index (χ1) is 9.88. The predicted octanol–water partition coefficient (Wildman–Crippen LogP) is 4.40. The first kappa shape index (κ1) is 14.6. The number of rotatable bonds is 2. The molecule has 3 aromatic rings. The van der Waals surface area contributed by atoms with Crippen LogP contribution in [0.25, 0.3) is 16.7 Å². The molecular weight excluding hydrogens is 375 g/mol. The Bertz CT molecular complexity index is 827. The number of hydrogen-bond acceptors (Lipinski definition) is 2. The number of H-pyrrole nitrogens is 1. The molecule has 5 heteroatoms. The molecule has 2 aromatic heterocycles. The van der Waals surface area contributed by atoms with Gasteiger partial charge < -0.3 is 4.98 Å². The number of halogens is 1. The van der Waals surface area contributed by atoms with Crippen LogP contribution in [0.1, 0.15) is 42.4 Å². The second-order valence-electron chi connectivity index (χ2n) is 5.83. The highest BCUT2D eigenvalue weighted by Gasteiger charge is 2.18. The van der Waals surface area contributed by atoms with Gasteiger partial charge in [-0.15, -0.1) is 0 Å². The van der Waals surface area contributed by atoms with E-state index in [-0.39, 0.29) is 0 Å². The van der Waals surface area contributed by atoms with Gasteiger partial charge in [-0.25, -0.2) is 9.67 Å². The van der Waals surface area contributed by atoms with Gasteiger partial charge in [0.1, 0.15) is 9.53 Å². The van der Waals surface area contributed by atoms with Gasteiger partial charge in [-0.1, -0.05) is 13.8 Å². The van der Waals surface area contributed by atoms with E-state index < -0.39 is 0 Å². The number of fused-ring (bicyclic) bond motifs is 1. The zero-order chi connectivity index (χ0) is 15.3. The molecular formula is C16H19IN4. The molecule has 0 spiro atoms. The highest BCUT2D eigenvalue weighted by Crippen LogP contribution is 2.29. The number of hydrogen-bond donors (Lipinski definition) is 1. The molecule has 0 aliphatic carbocycles. The van der Waals surface area contributed by atoms with E-state index in [4.69, 9.17) is 5.10 Å². The molecule has 0 radical (unpaired) electrons. The summed E-state index contributed by atoms with van der Waals surface area (Å²) in [5.41, 5.74) is 6.92. The summed E-state index contributed by atoms with van der Waals surface area (Å²) in [6.45, 7) is 10.7. The fourth-order valence-corrected chi connectivity index (χ4v) is 4.11. The van der Waals surface area contributed by atoms with Crippen molar-refractivity contribution >= 4 is 33.6 Å². The van der Waals surface area contributed by atoms with Crippen LogP contribution in [-0.4, -0.2) is 19.7 Å². The number of aromatic amines is 1. The van der Waals surface area contributed by atoms with E-state index in [1.165, 1.54) is 16.8 Å². The minimum atomic E-state index is 0.474. The number of nitrogens with one attached hydrogen (secondary N) is 1. The third-order valence-electron chi connectivity index (χ3n) is 3.84. The zero-order valence-electron chi connectivity index (χ0n) is 13.0. The molecule has 110 valence electrons. The van der Waals surface area contributed by atoms with Crippen LogP contribution in [-0.2, 0) is 0 Å². The first-order valence-corrected chi connectivity index (χ1v) is 8.18. The summed E-state index contributed by atoms with van der Waals surface area (Å²) in [5, 5.41) is 4.74. The van der Waals surface area contributed by atoms with Gasteiger partial charge >= 0.3 is 0 Å². The lowest BCUT2D eigenvalue weighted by molar-refractivity contribution is 0.819. The van der Waals surface area contributed by atoms with Crippen LogP contribution in [0.3, 0.4) is 0 Å². The molecule has 1 aromatic carbocycles. The molecule has 0 aliphatic rings. The minimum absolute atomic E-state index is 0.474. The number of aryl methyl sites for hydroxylation is 2. The normalized spacial score (nSPS) is 11.8. The Kier molecular flexibility index (Phi) is 3.55. The van der Waals surface area contributed by atoms with E-state index in [1.807, 2.05) is 6.92 Å². The van der Waals surface area contributed by atoms with Crippen molar-refractivity contribution in [1.82, 2.24) is 19.7 Å². The molecule has 2 heterocycles. The van der Waals surface area contributed by atoms with Crippen molar-refractivity contribution in [1.29, 1.82) is 0 Å². The third kappa shape index (κ3) is 2.37. The van der Waals surface area contributed by atoms with Crippen molar-refractivity contribution in [2.75, 3.05) is 0 Å². The van der Waals surface area contributed by atoms with Crippen molar-refractivity contribution in [2.24, 2.45) is 0 Å². The second kappa shape index (κ2) is 5.12. The Hall–Kier alpha value is -1.37. The molecule has 0 atom stereocenters. The highest BCUT2D eigenvalue weighted by atomic mass is 127. The Balaban J connectivity index is 2.25. The molecule has 0 fully saturated rings. The van der Waals surface area contributed by atoms with E-state index >= 15 is 0 Å². The fourth-order valence-electron chi connectivity index (χ4n) is 2.88. The van der Waals surface area contributed by atoms with Crippen LogP contribution in [0.2, 0.25) is 0 Å². The van der Waals surface area contributed by atoms with Crippen molar-refractivity contribution in [3.63, 3.8) is 0 Å². The number of nitrogens with zero attached hydrogens (tertiary/aromatic N) is 3. The molecule has 0 unspecified atom stereocenters. The molecule has 3 rings (SSSR count). The van der Waals surface area contributed by atoms with Crippen molar-refractivity contribution < 1.29 is 0 Å².